The number of hydrogen-bond acceptors (Lipinski definition) is 7. The lowest BCUT2D eigenvalue weighted by molar-refractivity contribution is -0.0530. The zero-order valence-corrected chi connectivity index (χ0v) is 18.2. The third-order valence-corrected chi connectivity index (χ3v) is 6.09. The molecule has 32 heavy (non-hydrogen) atoms. The zero-order valence-electron chi connectivity index (χ0n) is 18.2. The van der Waals surface area contributed by atoms with Crippen molar-refractivity contribution in [3.63, 3.8) is 0 Å². The molecule has 5 heterocycles. The fourth-order valence-corrected chi connectivity index (χ4v) is 4.41. The lowest BCUT2D eigenvalue weighted by Gasteiger charge is -2.30. The standard InChI is InChI=1S/C23H25N7O2/c1-23(2)21-25-18-19(28-8-11-31-12-9-28)26-22(27-20(18)29(21)10-13-32-23)30-15-17(14-24-30)16-6-4-3-5-7-16/h3-7,14-15H,8-13H2,1-2H3. The van der Waals surface area contributed by atoms with Gasteiger partial charge < -0.3 is 18.9 Å². The zero-order chi connectivity index (χ0) is 21.7. The van der Waals surface area contributed by atoms with Crippen molar-refractivity contribution >= 4 is 17.0 Å². The molecule has 9 nitrogen and oxygen atoms in total. The SMILES string of the molecule is CC1(C)OCCn2c1nc1c(N3CCOCC3)nc(-n3cc(-c4ccccc4)cn3)nc12. The van der Waals surface area contributed by atoms with Crippen LogP contribution in [0.5, 0.6) is 0 Å². The second-order valence-corrected chi connectivity index (χ2v) is 8.60. The van der Waals surface area contributed by atoms with Gasteiger partial charge in [0.15, 0.2) is 17.0 Å². The van der Waals surface area contributed by atoms with E-state index in [0.29, 0.717) is 32.3 Å². The number of benzene rings is 1. The van der Waals surface area contributed by atoms with Crippen molar-refractivity contribution in [1.82, 2.24) is 29.3 Å². The van der Waals surface area contributed by atoms with Gasteiger partial charge in [-0.1, -0.05) is 30.3 Å². The van der Waals surface area contributed by atoms with E-state index in [1.807, 2.05) is 44.4 Å². The normalized spacial score (nSPS) is 18.1. The van der Waals surface area contributed by atoms with Crippen LogP contribution in [0, 0.1) is 0 Å². The van der Waals surface area contributed by atoms with Crippen LogP contribution in [0.2, 0.25) is 0 Å². The summed E-state index contributed by atoms with van der Waals surface area (Å²) in [5.74, 6) is 2.24. The van der Waals surface area contributed by atoms with Crippen LogP contribution in [-0.2, 0) is 21.6 Å². The van der Waals surface area contributed by atoms with Crippen LogP contribution in [0.25, 0.3) is 28.2 Å². The van der Waals surface area contributed by atoms with Gasteiger partial charge in [0.25, 0.3) is 5.95 Å². The minimum Gasteiger partial charge on any atom is -0.378 e. The Hall–Kier alpha value is -3.30. The minimum absolute atomic E-state index is 0.479. The predicted molar refractivity (Wildman–Crippen MR) is 120 cm³/mol. The van der Waals surface area contributed by atoms with Crippen LogP contribution in [0.3, 0.4) is 0 Å². The summed E-state index contributed by atoms with van der Waals surface area (Å²) in [5.41, 5.74) is 3.27. The summed E-state index contributed by atoms with van der Waals surface area (Å²) >= 11 is 0. The number of imidazole rings is 1. The van der Waals surface area contributed by atoms with E-state index < -0.39 is 5.60 Å². The molecule has 0 bridgehead atoms. The molecule has 0 spiro atoms. The number of hydrogen-bond donors (Lipinski definition) is 0. The third kappa shape index (κ3) is 3.16. The van der Waals surface area contributed by atoms with Gasteiger partial charge in [-0.2, -0.15) is 15.1 Å². The molecule has 4 aromatic rings. The summed E-state index contributed by atoms with van der Waals surface area (Å²) in [6.07, 6.45) is 3.82. The summed E-state index contributed by atoms with van der Waals surface area (Å²) in [4.78, 5) is 17.1. The van der Waals surface area contributed by atoms with Gasteiger partial charge in [0.1, 0.15) is 11.4 Å². The second-order valence-electron chi connectivity index (χ2n) is 8.60. The molecule has 6 rings (SSSR count). The molecule has 0 amide bonds. The minimum atomic E-state index is -0.479. The average molecular weight is 432 g/mol. The van der Waals surface area contributed by atoms with E-state index in [-0.39, 0.29) is 0 Å². The molecule has 2 aliphatic rings. The fourth-order valence-electron chi connectivity index (χ4n) is 4.41. The maximum atomic E-state index is 5.99. The van der Waals surface area contributed by atoms with Crippen LogP contribution in [0.1, 0.15) is 19.7 Å². The van der Waals surface area contributed by atoms with Gasteiger partial charge in [0.05, 0.1) is 26.0 Å². The predicted octanol–water partition coefficient (Wildman–Crippen LogP) is 2.78. The van der Waals surface area contributed by atoms with Crippen molar-refractivity contribution in [3.8, 4) is 17.1 Å². The number of aromatic nitrogens is 6. The lowest BCUT2D eigenvalue weighted by Crippen LogP contribution is -2.37. The Morgan fingerprint density at radius 3 is 2.53 bits per heavy atom. The van der Waals surface area contributed by atoms with Crippen molar-refractivity contribution in [2.45, 2.75) is 26.0 Å². The van der Waals surface area contributed by atoms with E-state index in [9.17, 15) is 0 Å². The Morgan fingerprint density at radius 1 is 0.906 bits per heavy atom. The second kappa shape index (κ2) is 7.39. The highest BCUT2D eigenvalue weighted by molar-refractivity contribution is 5.85. The van der Waals surface area contributed by atoms with Crippen LogP contribution >= 0.6 is 0 Å². The van der Waals surface area contributed by atoms with Gasteiger partial charge in [-0.15, -0.1) is 0 Å². The number of rotatable bonds is 3. The van der Waals surface area contributed by atoms with Crippen LogP contribution in [-0.4, -0.2) is 62.2 Å². The van der Waals surface area contributed by atoms with E-state index in [1.54, 1.807) is 4.68 Å². The number of morpholine rings is 1. The van der Waals surface area contributed by atoms with Crippen LogP contribution in [0.15, 0.2) is 42.7 Å². The molecule has 0 unspecified atom stereocenters. The molecule has 0 N–H and O–H groups in total. The Balaban J connectivity index is 1.52. The molecule has 0 radical (unpaired) electrons. The van der Waals surface area contributed by atoms with Crippen molar-refractivity contribution in [3.05, 3.63) is 48.5 Å². The van der Waals surface area contributed by atoms with E-state index in [1.165, 1.54) is 0 Å². The molecule has 1 aromatic carbocycles. The Labute approximate surface area is 185 Å². The quantitative estimate of drug-likeness (QED) is 0.493. The molecule has 1 fully saturated rings. The highest BCUT2D eigenvalue weighted by Gasteiger charge is 2.34. The third-order valence-electron chi connectivity index (χ3n) is 6.09. The van der Waals surface area contributed by atoms with Gasteiger partial charge >= 0.3 is 0 Å². The molecule has 1 saturated heterocycles. The maximum absolute atomic E-state index is 5.99. The highest BCUT2D eigenvalue weighted by Crippen LogP contribution is 2.34. The molecular weight excluding hydrogens is 406 g/mol. The molecule has 2 aliphatic heterocycles. The molecule has 3 aromatic heterocycles. The Bertz CT molecular complexity index is 1270. The van der Waals surface area contributed by atoms with Crippen molar-refractivity contribution in [1.29, 1.82) is 0 Å². The van der Waals surface area contributed by atoms with E-state index in [0.717, 1.165) is 47.0 Å². The van der Waals surface area contributed by atoms with Crippen molar-refractivity contribution in [2.24, 2.45) is 0 Å². The molecule has 0 saturated carbocycles. The summed E-state index contributed by atoms with van der Waals surface area (Å²) in [6.45, 7) is 8.30. The summed E-state index contributed by atoms with van der Waals surface area (Å²) in [7, 11) is 0. The van der Waals surface area contributed by atoms with Crippen molar-refractivity contribution in [2.75, 3.05) is 37.8 Å². The maximum Gasteiger partial charge on any atom is 0.254 e. The molecular formula is C23H25N7O2. The molecule has 164 valence electrons. The van der Waals surface area contributed by atoms with E-state index in [4.69, 9.17) is 24.4 Å². The van der Waals surface area contributed by atoms with Gasteiger partial charge in [0, 0.05) is 31.4 Å². The first kappa shape index (κ1) is 19.4. The topological polar surface area (TPSA) is 83.1 Å². The van der Waals surface area contributed by atoms with Crippen molar-refractivity contribution < 1.29 is 9.47 Å². The monoisotopic (exact) mass is 431 g/mol. The van der Waals surface area contributed by atoms with Gasteiger partial charge in [-0.05, 0) is 19.4 Å². The molecule has 0 aliphatic carbocycles. The number of nitrogens with zero attached hydrogens (tertiary/aromatic N) is 7. The average Bonchev–Trinajstić information content (AvgIpc) is 3.46. The van der Waals surface area contributed by atoms with Gasteiger partial charge in [-0.3, -0.25) is 0 Å². The summed E-state index contributed by atoms with van der Waals surface area (Å²) < 4.78 is 15.5. The molecule has 9 heteroatoms. The largest absolute Gasteiger partial charge is 0.378 e. The highest BCUT2D eigenvalue weighted by atomic mass is 16.5. The molecule has 0 atom stereocenters. The van der Waals surface area contributed by atoms with E-state index in [2.05, 4.69) is 26.7 Å². The van der Waals surface area contributed by atoms with Crippen LogP contribution < -0.4 is 4.90 Å². The first-order valence-electron chi connectivity index (χ1n) is 11.0. The van der Waals surface area contributed by atoms with Crippen LogP contribution in [0.4, 0.5) is 5.82 Å². The summed E-state index contributed by atoms with van der Waals surface area (Å²) in [6, 6.07) is 10.2. The number of fused-ring (bicyclic) bond motifs is 3. The Kier molecular flexibility index (Phi) is 4.48. The first-order chi connectivity index (χ1) is 15.6. The number of ether oxygens (including phenoxy) is 2. The smallest absolute Gasteiger partial charge is 0.254 e. The van der Waals surface area contributed by atoms with Gasteiger partial charge in [-0.25, -0.2) is 9.67 Å². The van der Waals surface area contributed by atoms with E-state index >= 15 is 0 Å². The first-order valence-corrected chi connectivity index (χ1v) is 11.0. The Morgan fingerprint density at radius 2 is 1.72 bits per heavy atom. The summed E-state index contributed by atoms with van der Waals surface area (Å²) in [5, 5.41) is 4.58. The van der Waals surface area contributed by atoms with Gasteiger partial charge in [0.2, 0.25) is 0 Å². The fraction of sp³-hybridized carbons (Fsp3) is 0.391. The lowest BCUT2D eigenvalue weighted by atomic mass is 10.1. The number of anilines is 1.